The lowest BCUT2D eigenvalue weighted by Crippen LogP contribution is -2.42. The number of halogens is 1. The van der Waals surface area contributed by atoms with Gasteiger partial charge in [-0.2, -0.15) is 0 Å². The van der Waals surface area contributed by atoms with Gasteiger partial charge in [0, 0.05) is 18.0 Å². The summed E-state index contributed by atoms with van der Waals surface area (Å²) >= 11 is 7.60. The number of nitrogens with one attached hydrogen (secondary N) is 2. The summed E-state index contributed by atoms with van der Waals surface area (Å²) in [5.41, 5.74) is 0.506. The normalized spacial score (nSPS) is 19.4. The summed E-state index contributed by atoms with van der Waals surface area (Å²) in [5.74, 6) is 0. The molecule has 2 nitrogen and oxygen atoms in total. The number of hydrogen-bond donors (Lipinski definition) is 2. The SMILES string of the molecule is CCC1(CNCc2ccc(Cl)s2)CCNCC1. The molecule has 1 saturated heterocycles. The van der Waals surface area contributed by atoms with Crippen molar-refractivity contribution in [2.75, 3.05) is 19.6 Å². The molecule has 1 aromatic rings. The Morgan fingerprint density at radius 2 is 2.18 bits per heavy atom. The maximum absolute atomic E-state index is 5.93. The first-order valence-corrected chi connectivity index (χ1v) is 7.59. The molecule has 0 saturated carbocycles. The largest absolute Gasteiger partial charge is 0.317 e. The Morgan fingerprint density at radius 1 is 1.41 bits per heavy atom. The van der Waals surface area contributed by atoms with Gasteiger partial charge in [-0.25, -0.2) is 0 Å². The van der Waals surface area contributed by atoms with E-state index in [2.05, 4.69) is 23.6 Å². The summed E-state index contributed by atoms with van der Waals surface area (Å²) in [6, 6.07) is 4.09. The molecule has 1 fully saturated rings. The summed E-state index contributed by atoms with van der Waals surface area (Å²) in [5, 5.41) is 7.04. The molecule has 2 N–H and O–H groups in total. The van der Waals surface area contributed by atoms with Gasteiger partial charge in [-0.3, -0.25) is 0 Å². The molecule has 0 bridgehead atoms. The maximum Gasteiger partial charge on any atom is 0.0931 e. The van der Waals surface area contributed by atoms with E-state index >= 15 is 0 Å². The molecule has 2 heterocycles. The van der Waals surface area contributed by atoms with Crippen LogP contribution in [0.4, 0.5) is 0 Å². The van der Waals surface area contributed by atoms with Gasteiger partial charge in [0.05, 0.1) is 4.34 Å². The van der Waals surface area contributed by atoms with Gasteiger partial charge < -0.3 is 10.6 Å². The van der Waals surface area contributed by atoms with Crippen LogP contribution in [0.3, 0.4) is 0 Å². The molecular weight excluding hydrogens is 252 g/mol. The fourth-order valence-electron chi connectivity index (χ4n) is 2.51. The summed E-state index contributed by atoms with van der Waals surface area (Å²) < 4.78 is 0.883. The van der Waals surface area contributed by atoms with Crippen LogP contribution < -0.4 is 10.6 Å². The molecule has 17 heavy (non-hydrogen) atoms. The topological polar surface area (TPSA) is 24.1 Å². The van der Waals surface area contributed by atoms with Crippen molar-refractivity contribution >= 4 is 22.9 Å². The lowest BCUT2D eigenvalue weighted by atomic mass is 9.76. The minimum Gasteiger partial charge on any atom is -0.317 e. The Kier molecular flexibility index (Phi) is 4.86. The van der Waals surface area contributed by atoms with Crippen LogP contribution in [0.25, 0.3) is 0 Å². The monoisotopic (exact) mass is 272 g/mol. The molecule has 0 aromatic carbocycles. The second-order valence-corrected chi connectivity index (χ2v) is 6.71. The van der Waals surface area contributed by atoms with Crippen LogP contribution in [0, 0.1) is 5.41 Å². The summed E-state index contributed by atoms with van der Waals surface area (Å²) in [7, 11) is 0. The Balaban J connectivity index is 1.79. The first-order valence-electron chi connectivity index (χ1n) is 6.40. The van der Waals surface area contributed by atoms with Crippen molar-refractivity contribution in [1.82, 2.24) is 10.6 Å². The van der Waals surface area contributed by atoms with Gasteiger partial charge in [-0.1, -0.05) is 18.5 Å². The Labute approximate surface area is 113 Å². The highest BCUT2D eigenvalue weighted by molar-refractivity contribution is 7.16. The molecule has 1 aromatic heterocycles. The van der Waals surface area contributed by atoms with Crippen molar-refractivity contribution in [2.45, 2.75) is 32.7 Å². The van der Waals surface area contributed by atoms with Crippen LogP contribution >= 0.6 is 22.9 Å². The molecule has 0 atom stereocenters. The molecule has 1 aliphatic rings. The van der Waals surface area contributed by atoms with Crippen molar-refractivity contribution in [3.63, 3.8) is 0 Å². The van der Waals surface area contributed by atoms with Crippen molar-refractivity contribution in [3.8, 4) is 0 Å². The zero-order valence-electron chi connectivity index (χ0n) is 10.4. The van der Waals surface area contributed by atoms with Gasteiger partial charge in [-0.15, -0.1) is 11.3 Å². The minimum atomic E-state index is 0.506. The zero-order chi connectivity index (χ0) is 12.1. The average Bonchev–Trinajstić information content (AvgIpc) is 2.76. The van der Waals surface area contributed by atoms with E-state index in [1.165, 1.54) is 37.2 Å². The van der Waals surface area contributed by atoms with E-state index < -0.39 is 0 Å². The quantitative estimate of drug-likeness (QED) is 0.860. The van der Waals surface area contributed by atoms with Crippen LogP contribution in [0.15, 0.2) is 12.1 Å². The van der Waals surface area contributed by atoms with Crippen molar-refractivity contribution < 1.29 is 0 Å². The Morgan fingerprint density at radius 3 is 2.76 bits per heavy atom. The van der Waals surface area contributed by atoms with Gasteiger partial charge in [0.2, 0.25) is 0 Å². The zero-order valence-corrected chi connectivity index (χ0v) is 12.0. The highest BCUT2D eigenvalue weighted by Crippen LogP contribution is 2.31. The summed E-state index contributed by atoms with van der Waals surface area (Å²) in [4.78, 5) is 1.33. The van der Waals surface area contributed by atoms with Crippen LogP contribution in [-0.2, 0) is 6.54 Å². The van der Waals surface area contributed by atoms with Gasteiger partial charge >= 0.3 is 0 Å². The smallest absolute Gasteiger partial charge is 0.0931 e. The van der Waals surface area contributed by atoms with Gasteiger partial charge in [0.1, 0.15) is 0 Å². The molecule has 0 unspecified atom stereocenters. The molecule has 1 aliphatic heterocycles. The van der Waals surface area contributed by atoms with Crippen molar-refractivity contribution in [3.05, 3.63) is 21.3 Å². The highest BCUT2D eigenvalue weighted by Gasteiger charge is 2.29. The second-order valence-electron chi connectivity index (χ2n) is 4.91. The first-order chi connectivity index (χ1) is 8.24. The molecule has 0 spiro atoms. The van der Waals surface area contributed by atoms with Gasteiger partial charge in [0.15, 0.2) is 0 Å². The number of hydrogen-bond acceptors (Lipinski definition) is 3. The first kappa shape index (κ1) is 13.3. The van der Waals surface area contributed by atoms with Gasteiger partial charge in [-0.05, 0) is 49.9 Å². The lowest BCUT2D eigenvalue weighted by Gasteiger charge is -2.37. The fourth-order valence-corrected chi connectivity index (χ4v) is 3.57. The predicted octanol–water partition coefficient (Wildman–Crippen LogP) is 3.27. The van der Waals surface area contributed by atoms with E-state index in [-0.39, 0.29) is 0 Å². The van der Waals surface area contributed by atoms with Crippen molar-refractivity contribution in [2.24, 2.45) is 5.41 Å². The van der Waals surface area contributed by atoms with Crippen LogP contribution in [0.2, 0.25) is 4.34 Å². The van der Waals surface area contributed by atoms with E-state index in [4.69, 9.17) is 11.6 Å². The lowest BCUT2D eigenvalue weighted by molar-refractivity contribution is 0.186. The molecule has 96 valence electrons. The molecule has 4 heteroatoms. The number of piperidine rings is 1. The third kappa shape index (κ3) is 3.68. The number of rotatable bonds is 5. The standard InChI is InChI=1S/C13H21ClN2S/c1-2-13(5-7-15-8-6-13)10-16-9-11-3-4-12(14)17-11/h3-4,15-16H,2,5-10H2,1H3. The van der Waals surface area contributed by atoms with Gasteiger partial charge in [0.25, 0.3) is 0 Å². The Bertz CT molecular complexity index is 345. The molecule has 2 rings (SSSR count). The van der Waals surface area contributed by atoms with E-state index in [1.54, 1.807) is 11.3 Å². The van der Waals surface area contributed by atoms with Crippen molar-refractivity contribution in [1.29, 1.82) is 0 Å². The third-order valence-electron chi connectivity index (χ3n) is 3.84. The molecule has 0 radical (unpaired) electrons. The third-order valence-corrected chi connectivity index (χ3v) is 5.07. The summed E-state index contributed by atoms with van der Waals surface area (Å²) in [6.45, 7) is 6.73. The van der Waals surface area contributed by atoms with Crippen LogP contribution in [-0.4, -0.2) is 19.6 Å². The Hall–Kier alpha value is -0.0900. The van der Waals surface area contributed by atoms with E-state index in [0.29, 0.717) is 5.41 Å². The number of thiophene rings is 1. The van der Waals surface area contributed by atoms with Crippen LogP contribution in [0.5, 0.6) is 0 Å². The minimum absolute atomic E-state index is 0.506. The molecule has 0 aliphatic carbocycles. The fraction of sp³-hybridized carbons (Fsp3) is 0.692. The maximum atomic E-state index is 5.93. The van der Waals surface area contributed by atoms with E-state index in [1.807, 2.05) is 6.07 Å². The summed E-state index contributed by atoms with van der Waals surface area (Å²) in [6.07, 6.45) is 3.86. The predicted molar refractivity (Wildman–Crippen MR) is 75.9 cm³/mol. The van der Waals surface area contributed by atoms with Crippen LogP contribution in [0.1, 0.15) is 31.1 Å². The molecule has 0 amide bonds. The second kappa shape index (κ2) is 6.19. The highest BCUT2D eigenvalue weighted by atomic mass is 35.5. The van der Waals surface area contributed by atoms with E-state index in [0.717, 1.165) is 17.4 Å². The van der Waals surface area contributed by atoms with E-state index in [9.17, 15) is 0 Å². The molecular formula is C13H21ClN2S. The average molecular weight is 273 g/mol.